The molecule has 0 atom stereocenters. The highest BCUT2D eigenvalue weighted by atomic mass is 16.4. The Morgan fingerprint density at radius 1 is 1.18 bits per heavy atom. The van der Waals surface area contributed by atoms with Crippen LogP contribution in [-0.2, 0) is 11.2 Å². The Labute approximate surface area is 103 Å². The van der Waals surface area contributed by atoms with Crippen LogP contribution in [0.5, 0.6) is 0 Å². The Kier molecular flexibility index (Phi) is 4.50. The number of rotatable bonds is 4. The summed E-state index contributed by atoms with van der Waals surface area (Å²) in [5.41, 5.74) is 3.27. The third-order valence-electron chi connectivity index (χ3n) is 2.60. The average molecular weight is 232 g/mol. The second-order valence-corrected chi connectivity index (χ2v) is 4.98. The number of hydrogen-bond acceptors (Lipinski definition) is 1. The smallest absolute Gasteiger partial charge is 0.336 e. The molecular weight excluding hydrogens is 212 g/mol. The minimum absolute atomic E-state index is 0.404. The van der Waals surface area contributed by atoms with E-state index in [1.807, 2.05) is 38.1 Å². The maximum absolute atomic E-state index is 11.1. The molecule has 0 bridgehead atoms. The molecule has 0 aliphatic carbocycles. The fraction of sp³-hybridized carbons (Fsp3) is 0.400. The maximum atomic E-state index is 11.1. The van der Waals surface area contributed by atoms with Gasteiger partial charge in [0.1, 0.15) is 0 Å². The van der Waals surface area contributed by atoms with E-state index in [9.17, 15) is 4.79 Å². The van der Waals surface area contributed by atoms with Crippen molar-refractivity contribution in [1.82, 2.24) is 0 Å². The van der Waals surface area contributed by atoms with Gasteiger partial charge in [0, 0.05) is 0 Å². The van der Waals surface area contributed by atoms with Gasteiger partial charge in [-0.3, -0.25) is 0 Å². The van der Waals surface area contributed by atoms with Gasteiger partial charge in [-0.05, 0) is 37.3 Å². The quantitative estimate of drug-likeness (QED) is 0.802. The van der Waals surface area contributed by atoms with Crippen molar-refractivity contribution in [3.05, 3.63) is 41.0 Å². The molecule has 92 valence electrons. The van der Waals surface area contributed by atoms with Crippen LogP contribution in [-0.4, -0.2) is 11.1 Å². The first-order valence-electron chi connectivity index (χ1n) is 5.92. The molecule has 0 amide bonds. The maximum Gasteiger partial charge on any atom is 0.336 e. The zero-order valence-electron chi connectivity index (χ0n) is 10.9. The van der Waals surface area contributed by atoms with E-state index in [0.717, 1.165) is 17.6 Å². The fourth-order valence-corrected chi connectivity index (χ4v) is 1.90. The van der Waals surface area contributed by atoms with E-state index in [2.05, 4.69) is 13.8 Å². The molecule has 17 heavy (non-hydrogen) atoms. The molecule has 1 aromatic rings. The van der Waals surface area contributed by atoms with Crippen molar-refractivity contribution in [2.45, 2.75) is 34.1 Å². The van der Waals surface area contributed by atoms with Crippen molar-refractivity contribution in [1.29, 1.82) is 0 Å². The standard InChI is InChI=1S/C15H20O2/c1-10(2)9-12-5-7-13(8-6-12)14(11(3)4)15(16)17/h5-8,10H,9H2,1-4H3,(H,16,17). The third-order valence-corrected chi connectivity index (χ3v) is 2.60. The summed E-state index contributed by atoms with van der Waals surface area (Å²) in [7, 11) is 0. The lowest BCUT2D eigenvalue weighted by Gasteiger charge is -2.08. The highest BCUT2D eigenvalue weighted by Gasteiger charge is 2.11. The lowest BCUT2D eigenvalue weighted by molar-refractivity contribution is -0.130. The molecule has 1 aromatic carbocycles. The number of benzene rings is 1. The summed E-state index contributed by atoms with van der Waals surface area (Å²) >= 11 is 0. The Morgan fingerprint density at radius 3 is 2.06 bits per heavy atom. The molecule has 1 N–H and O–H groups in total. The van der Waals surface area contributed by atoms with Crippen LogP contribution in [0.25, 0.3) is 5.57 Å². The van der Waals surface area contributed by atoms with Crippen LogP contribution >= 0.6 is 0 Å². The molecule has 0 aromatic heterocycles. The lowest BCUT2D eigenvalue weighted by Crippen LogP contribution is -2.02. The second-order valence-electron chi connectivity index (χ2n) is 4.98. The van der Waals surface area contributed by atoms with Gasteiger partial charge in [0.15, 0.2) is 0 Å². The summed E-state index contributed by atoms with van der Waals surface area (Å²) < 4.78 is 0. The summed E-state index contributed by atoms with van der Waals surface area (Å²) in [4.78, 5) is 11.1. The predicted octanol–water partition coefficient (Wildman–Crippen LogP) is 3.76. The van der Waals surface area contributed by atoms with Crippen molar-refractivity contribution < 1.29 is 9.90 Å². The Bertz CT molecular complexity index is 421. The van der Waals surface area contributed by atoms with Gasteiger partial charge in [-0.1, -0.05) is 43.7 Å². The van der Waals surface area contributed by atoms with Crippen LogP contribution < -0.4 is 0 Å². The predicted molar refractivity (Wildman–Crippen MR) is 70.9 cm³/mol. The molecule has 0 aliphatic heterocycles. The lowest BCUT2D eigenvalue weighted by atomic mass is 9.97. The van der Waals surface area contributed by atoms with Gasteiger partial charge < -0.3 is 5.11 Å². The number of carboxylic acids is 1. The van der Waals surface area contributed by atoms with Crippen LogP contribution in [0.4, 0.5) is 0 Å². The monoisotopic (exact) mass is 232 g/mol. The molecule has 0 saturated carbocycles. The highest BCUT2D eigenvalue weighted by molar-refractivity contribution is 6.16. The van der Waals surface area contributed by atoms with Crippen molar-refractivity contribution in [3.63, 3.8) is 0 Å². The summed E-state index contributed by atoms with van der Waals surface area (Å²) in [6.45, 7) is 8.00. The first kappa shape index (κ1) is 13.5. The zero-order chi connectivity index (χ0) is 13.0. The van der Waals surface area contributed by atoms with Crippen LogP contribution in [0.15, 0.2) is 29.8 Å². The number of carboxylic acid groups (broad SMARTS) is 1. The molecule has 2 nitrogen and oxygen atoms in total. The zero-order valence-corrected chi connectivity index (χ0v) is 10.9. The number of allylic oxidation sites excluding steroid dienone is 1. The van der Waals surface area contributed by atoms with Crippen LogP contribution in [0.1, 0.15) is 38.8 Å². The van der Waals surface area contributed by atoms with E-state index >= 15 is 0 Å². The van der Waals surface area contributed by atoms with E-state index in [1.54, 1.807) is 0 Å². The topological polar surface area (TPSA) is 37.3 Å². The van der Waals surface area contributed by atoms with Crippen LogP contribution in [0, 0.1) is 5.92 Å². The van der Waals surface area contributed by atoms with Gasteiger partial charge in [-0.15, -0.1) is 0 Å². The molecule has 0 heterocycles. The van der Waals surface area contributed by atoms with Gasteiger partial charge >= 0.3 is 5.97 Å². The van der Waals surface area contributed by atoms with Gasteiger partial charge in [-0.25, -0.2) is 4.79 Å². The second kappa shape index (κ2) is 5.67. The van der Waals surface area contributed by atoms with Crippen molar-refractivity contribution in [2.75, 3.05) is 0 Å². The first-order valence-corrected chi connectivity index (χ1v) is 5.92. The minimum atomic E-state index is -0.860. The molecule has 0 aliphatic rings. The Morgan fingerprint density at radius 2 is 1.71 bits per heavy atom. The molecule has 0 unspecified atom stereocenters. The van der Waals surface area contributed by atoms with E-state index in [0.29, 0.717) is 11.5 Å². The fourth-order valence-electron chi connectivity index (χ4n) is 1.90. The van der Waals surface area contributed by atoms with Gasteiger partial charge in [-0.2, -0.15) is 0 Å². The summed E-state index contributed by atoms with van der Waals surface area (Å²) in [6.07, 6.45) is 1.03. The third kappa shape index (κ3) is 3.74. The van der Waals surface area contributed by atoms with Gasteiger partial charge in [0.05, 0.1) is 5.57 Å². The van der Waals surface area contributed by atoms with Crippen molar-refractivity contribution in [2.24, 2.45) is 5.92 Å². The van der Waals surface area contributed by atoms with E-state index in [4.69, 9.17) is 5.11 Å². The summed E-state index contributed by atoms with van der Waals surface area (Å²) in [6, 6.07) is 7.82. The molecule has 0 radical (unpaired) electrons. The normalized spacial score (nSPS) is 10.4. The Balaban J connectivity index is 3.02. The van der Waals surface area contributed by atoms with Crippen LogP contribution in [0.3, 0.4) is 0 Å². The summed E-state index contributed by atoms with van der Waals surface area (Å²) in [5, 5.41) is 9.15. The largest absolute Gasteiger partial charge is 0.478 e. The first-order chi connectivity index (χ1) is 7.91. The van der Waals surface area contributed by atoms with E-state index < -0.39 is 5.97 Å². The highest BCUT2D eigenvalue weighted by Crippen LogP contribution is 2.20. The number of hydrogen-bond donors (Lipinski definition) is 1. The SMILES string of the molecule is CC(C)=C(C(=O)O)c1ccc(CC(C)C)cc1. The molecule has 2 heteroatoms. The van der Waals surface area contributed by atoms with Crippen molar-refractivity contribution in [3.8, 4) is 0 Å². The Hall–Kier alpha value is -1.57. The van der Waals surface area contributed by atoms with Gasteiger partial charge in [0.25, 0.3) is 0 Å². The molecule has 0 fully saturated rings. The van der Waals surface area contributed by atoms with E-state index in [-0.39, 0.29) is 0 Å². The molecule has 0 spiro atoms. The van der Waals surface area contributed by atoms with E-state index in [1.165, 1.54) is 5.56 Å². The van der Waals surface area contributed by atoms with Crippen LogP contribution in [0.2, 0.25) is 0 Å². The minimum Gasteiger partial charge on any atom is -0.478 e. The molecular formula is C15H20O2. The average Bonchev–Trinajstić information content (AvgIpc) is 2.18. The number of carbonyl (C=O) groups is 1. The molecule has 0 saturated heterocycles. The van der Waals surface area contributed by atoms with Crippen molar-refractivity contribution >= 4 is 11.5 Å². The van der Waals surface area contributed by atoms with Gasteiger partial charge in [0.2, 0.25) is 0 Å². The molecule has 1 rings (SSSR count). The number of aliphatic carboxylic acids is 1. The summed E-state index contributed by atoms with van der Waals surface area (Å²) in [5.74, 6) is -0.246.